The first kappa shape index (κ1) is 20.5. The van der Waals surface area contributed by atoms with Gasteiger partial charge in [-0.15, -0.1) is 0 Å². The normalized spacial score (nSPS) is 11.1. The second-order valence-corrected chi connectivity index (χ2v) is 8.62. The molecule has 0 aliphatic heterocycles. The summed E-state index contributed by atoms with van der Waals surface area (Å²) in [5.41, 5.74) is 0.718. The highest BCUT2D eigenvalue weighted by atomic mass is 35.5. The van der Waals surface area contributed by atoms with Gasteiger partial charge in [-0.25, -0.2) is 8.42 Å². The zero-order valence-electron chi connectivity index (χ0n) is 14.1. The van der Waals surface area contributed by atoms with Crippen LogP contribution in [-0.2, 0) is 10.0 Å². The molecule has 9 heteroatoms. The number of carbonyl (C=O) groups excluding carboxylic acids is 1. The maximum Gasteiger partial charge on any atom is 0.261 e. The third-order valence-corrected chi connectivity index (χ3v) is 5.97. The van der Waals surface area contributed by atoms with E-state index in [4.69, 9.17) is 34.8 Å². The van der Waals surface area contributed by atoms with E-state index < -0.39 is 15.9 Å². The van der Waals surface area contributed by atoms with Crippen molar-refractivity contribution >= 4 is 62.1 Å². The summed E-state index contributed by atoms with van der Waals surface area (Å²) in [6.45, 7) is 0. The average molecular weight is 456 g/mol. The third-order valence-electron chi connectivity index (χ3n) is 3.70. The van der Waals surface area contributed by atoms with Crippen LogP contribution in [0.5, 0.6) is 0 Å². The van der Waals surface area contributed by atoms with Gasteiger partial charge in [0.25, 0.3) is 15.9 Å². The molecule has 0 fully saturated rings. The van der Waals surface area contributed by atoms with Gasteiger partial charge in [-0.3, -0.25) is 9.52 Å². The van der Waals surface area contributed by atoms with Crippen LogP contribution in [0.25, 0.3) is 0 Å². The number of rotatable bonds is 5. The number of benzene rings is 3. The summed E-state index contributed by atoms with van der Waals surface area (Å²) in [6, 6.07) is 16.8. The molecule has 3 aromatic rings. The molecular weight excluding hydrogens is 443 g/mol. The minimum Gasteiger partial charge on any atom is -0.321 e. The lowest BCUT2D eigenvalue weighted by molar-refractivity contribution is 0.102. The van der Waals surface area contributed by atoms with E-state index in [1.807, 2.05) is 0 Å². The number of nitrogens with one attached hydrogen (secondary N) is 2. The molecule has 0 spiro atoms. The van der Waals surface area contributed by atoms with Gasteiger partial charge < -0.3 is 5.32 Å². The van der Waals surface area contributed by atoms with Gasteiger partial charge >= 0.3 is 0 Å². The molecule has 1 amide bonds. The van der Waals surface area contributed by atoms with Gasteiger partial charge in [0, 0.05) is 5.02 Å². The smallest absolute Gasteiger partial charge is 0.261 e. The van der Waals surface area contributed by atoms with Crippen molar-refractivity contribution in [2.75, 3.05) is 10.0 Å². The minimum atomic E-state index is -3.76. The summed E-state index contributed by atoms with van der Waals surface area (Å²) in [6.07, 6.45) is 0. The molecule has 0 aliphatic rings. The molecule has 3 rings (SSSR count). The number of carbonyl (C=O) groups is 1. The second kappa shape index (κ2) is 8.41. The van der Waals surface area contributed by atoms with E-state index in [1.54, 1.807) is 30.3 Å². The molecule has 0 atom stereocenters. The molecule has 0 saturated heterocycles. The monoisotopic (exact) mass is 454 g/mol. The topological polar surface area (TPSA) is 75.3 Å². The summed E-state index contributed by atoms with van der Waals surface area (Å²) in [5.74, 6) is -0.508. The summed E-state index contributed by atoms with van der Waals surface area (Å²) in [5, 5.41) is 3.43. The van der Waals surface area contributed by atoms with E-state index in [2.05, 4.69) is 10.0 Å². The van der Waals surface area contributed by atoms with Crippen molar-refractivity contribution in [3.8, 4) is 0 Å². The van der Waals surface area contributed by atoms with Crippen molar-refractivity contribution in [3.63, 3.8) is 0 Å². The van der Waals surface area contributed by atoms with E-state index in [0.717, 1.165) is 0 Å². The highest BCUT2D eigenvalue weighted by Gasteiger charge is 2.17. The number of hydrogen-bond acceptors (Lipinski definition) is 3. The Bertz CT molecular complexity index is 1140. The van der Waals surface area contributed by atoms with Crippen LogP contribution in [0, 0.1) is 0 Å². The Morgan fingerprint density at radius 3 is 2.21 bits per heavy atom. The zero-order chi connectivity index (χ0) is 20.3. The molecular formula is C19H13Cl3N2O3S. The molecule has 0 aliphatic carbocycles. The first-order chi connectivity index (χ1) is 13.3. The highest BCUT2D eigenvalue weighted by Crippen LogP contribution is 2.28. The van der Waals surface area contributed by atoms with Crippen molar-refractivity contribution in [1.29, 1.82) is 0 Å². The predicted molar refractivity (Wildman–Crippen MR) is 113 cm³/mol. The fourth-order valence-electron chi connectivity index (χ4n) is 2.36. The predicted octanol–water partition coefficient (Wildman–Crippen LogP) is 5.70. The van der Waals surface area contributed by atoms with E-state index in [9.17, 15) is 13.2 Å². The van der Waals surface area contributed by atoms with Gasteiger partial charge in [0.1, 0.15) is 0 Å². The lowest BCUT2D eigenvalue weighted by atomic mass is 10.2. The molecule has 3 aromatic carbocycles. The second-order valence-electron chi connectivity index (χ2n) is 5.69. The number of anilines is 2. The van der Waals surface area contributed by atoms with Crippen LogP contribution >= 0.6 is 34.8 Å². The van der Waals surface area contributed by atoms with Crippen molar-refractivity contribution in [2.45, 2.75) is 4.90 Å². The molecule has 0 saturated carbocycles. The number of halogens is 3. The van der Waals surface area contributed by atoms with Crippen LogP contribution < -0.4 is 10.0 Å². The van der Waals surface area contributed by atoms with Gasteiger partial charge in [-0.1, -0.05) is 53.0 Å². The standard InChI is InChI=1S/C19H13Cl3N2O3S/c20-12-6-9-16(21)18(10-12)23-19(25)15-8-7-13(11-17(15)22)24-28(26,27)14-4-2-1-3-5-14/h1-11,24H,(H,23,25). The van der Waals surface area contributed by atoms with Gasteiger partial charge in [0.15, 0.2) is 0 Å². The first-order valence-electron chi connectivity index (χ1n) is 7.90. The molecule has 2 N–H and O–H groups in total. The van der Waals surface area contributed by atoms with Crippen molar-refractivity contribution in [3.05, 3.63) is 87.4 Å². The van der Waals surface area contributed by atoms with Gasteiger partial charge in [0.05, 0.1) is 31.9 Å². The SMILES string of the molecule is O=C(Nc1cc(Cl)ccc1Cl)c1ccc(NS(=O)(=O)c2ccccc2)cc1Cl. The Labute approximate surface area is 177 Å². The maximum absolute atomic E-state index is 12.5. The van der Waals surface area contributed by atoms with Crippen LogP contribution in [0.15, 0.2) is 71.6 Å². The minimum absolute atomic E-state index is 0.0731. The van der Waals surface area contributed by atoms with Crippen LogP contribution in [0.1, 0.15) is 10.4 Å². The van der Waals surface area contributed by atoms with Crippen molar-refractivity contribution in [1.82, 2.24) is 0 Å². The van der Waals surface area contributed by atoms with E-state index in [-0.39, 0.29) is 21.2 Å². The summed E-state index contributed by atoms with van der Waals surface area (Å²) in [4.78, 5) is 12.6. The number of hydrogen-bond donors (Lipinski definition) is 2. The molecule has 0 unspecified atom stereocenters. The first-order valence-corrected chi connectivity index (χ1v) is 10.5. The third kappa shape index (κ3) is 4.77. The molecule has 28 heavy (non-hydrogen) atoms. The fourth-order valence-corrected chi connectivity index (χ4v) is 4.03. The zero-order valence-corrected chi connectivity index (χ0v) is 17.2. The molecule has 0 heterocycles. The molecule has 0 radical (unpaired) electrons. The fraction of sp³-hybridized carbons (Fsp3) is 0. The Kier molecular flexibility index (Phi) is 6.15. The lowest BCUT2D eigenvalue weighted by Crippen LogP contribution is -2.15. The maximum atomic E-state index is 12.5. The van der Waals surface area contributed by atoms with E-state index >= 15 is 0 Å². The van der Waals surface area contributed by atoms with Gasteiger partial charge in [-0.2, -0.15) is 0 Å². The number of amides is 1. The van der Waals surface area contributed by atoms with Crippen LogP contribution in [0.2, 0.25) is 15.1 Å². The largest absolute Gasteiger partial charge is 0.321 e. The van der Waals surface area contributed by atoms with E-state index in [1.165, 1.54) is 36.4 Å². The highest BCUT2D eigenvalue weighted by molar-refractivity contribution is 7.92. The lowest BCUT2D eigenvalue weighted by Gasteiger charge is -2.11. The Balaban J connectivity index is 1.80. The Morgan fingerprint density at radius 2 is 1.54 bits per heavy atom. The molecule has 144 valence electrons. The molecule has 0 bridgehead atoms. The van der Waals surface area contributed by atoms with Crippen molar-refractivity contribution < 1.29 is 13.2 Å². The van der Waals surface area contributed by atoms with Crippen LogP contribution in [0.4, 0.5) is 11.4 Å². The number of sulfonamides is 1. The van der Waals surface area contributed by atoms with Gasteiger partial charge in [-0.05, 0) is 48.5 Å². The van der Waals surface area contributed by atoms with Crippen molar-refractivity contribution in [2.24, 2.45) is 0 Å². The van der Waals surface area contributed by atoms with Crippen LogP contribution in [0.3, 0.4) is 0 Å². The molecule has 0 aromatic heterocycles. The quantitative estimate of drug-likeness (QED) is 0.518. The molecule has 5 nitrogen and oxygen atoms in total. The average Bonchev–Trinajstić information content (AvgIpc) is 2.65. The van der Waals surface area contributed by atoms with E-state index in [0.29, 0.717) is 15.7 Å². The van der Waals surface area contributed by atoms with Gasteiger partial charge in [0.2, 0.25) is 0 Å². The Morgan fingerprint density at radius 1 is 0.821 bits per heavy atom. The summed E-state index contributed by atoms with van der Waals surface area (Å²) in [7, 11) is -3.76. The Hall–Kier alpha value is -2.25. The summed E-state index contributed by atoms with van der Waals surface area (Å²) >= 11 is 18.1. The van der Waals surface area contributed by atoms with Crippen LogP contribution in [-0.4, -0.2) is 14.3 Å². The summed E-state index contributed by atoms with van der Waals surface area (Å²) < 4.78 is 27.2.